The van der Waals surface area contributed by atoms with Crippen LogP contribution in [-0.4, -0.2) is 23.1 Å². The first-order valence-electron chi connectivity index (χ1n) is 6.13. The van der Waals surface area contributed by atoms with Crippen LogP contribution in [0.2, 0.25) is 0 Å². The molecule has 6 heteroatoms. The normalized spacial score (nSPS) is 10.5. The zero-order valence-electron chi connectivity index (χ0n) is 11.1. The molecular weight excluding hydrogens is 264 g/mol. The van der Waals surface area contributed by atoms with Crippen molar-refractivity contribution in [2.45, 2.75) is 25.2 Å². The molecule has 5 nitrogen and oxygen atoms in total. The Balaban J connectivity index is 2.32. The quantitative estimate of drug-likeness (QED) is 0.474. The predicted octanol–water partition coefficient (Wildman–Crippen LogP) is 2.85. The van der Waals surface area contributed by atoms with Crippen molar-refractivity contribution >= 4 is 23.4 Å². The van der Waals surface area contributed by atoms with Gasteiger partial charge in [-0.05, 0) is 24.5 Å². The van der Waals surface area contributed by atoms with Crippen LogP contribution in [0.3, 0.4) is 0 Å². The van der Waals surface area contributed by atoms with Gasteiger partial charge in [-0.3, -0.25) is 14.9 Å². The number of nitrogens with one attached hydrogen (secondary N) is 1. The molecule has 1 rings (SSSR count). The molecule has 0 fully saturated rings. The van der Waals surface area contributed by atoms with E-state index in [0.717, 1.165) is 11.3 Å². The van der Waals surface area contributed by atoms with Crippen LogP contribution in [-0.2, 0) is 4.79 Å². The number of nitrogens with zero attached hydrogens (tertiary/aromatic N) is 1. The van der Waals surface area contributed by atoms with E-state index in [-0.39, 0.29) is 11.6 Å². The number of nitro groups is 1. The summed E-state index contributed by atoms with van der Waals surface area (Å²) >= 11 is 1.37. The van der Waals surface area contributed by atoms with Gasteiger partial charge in [-0.25, -0.2) is 0 Å². The van der Waals surface area contributed by atoms with Gasteiger partial charge in [0.1, 0.15) is 0 Å². The van der Waals surface area contributed by atoms with Crippen molar-refractivity contribution in [3.05, 3.63) is 34.4 Å². The Morgan fingerprint density at radius 2 is 2.00 bits per heavy atom. The summed E-state index contributed by atoms with van der Waals surface area (Å²) in [6, 6.07) is 6.20. The molecule has 0 aliphatic heterocycles. The first-order chi connectivity index (χ1) is 8.99. The fourth-order valence-electron chi connectivity index (χ4n) is 1.36. The van der Waals surface area contributed by atoms with Gasteiger partial charge in [0.05, 0.1) is 10.7 Å². The molecule has 19 heavy (non-hydrogen) atoms. The molecule has 104 valence electrons. The first kappa shape index (κ1) is 15.5. The van der Waals surface area contributed by atoms with E-state index in [9.17, 15) is 14.9 Å². The number of thioether (sulfide) groups is 1. The van der Waals surface area contributed by atoms with Gasteiger partial charge in [0.25, 0.3) is 5.69 Å². The van der Waals surface area contributed by atoms with Crippen LogP contribution in [0.1, 0.15) is 20.3 Å². The molecule has 0 atom stereocenters. The number of non-ortho nitro benzene ring substituents is 1. The van der Waals surface area contributed by atoms with Crippen molar-refractivity contribution in [1.82, 2.24) is 5.32 Å². The van der Waals surface area contributed by atoms with Crippen LogP contribution >= 0.6 is 11.8 Å². The van der Waals surface area contributed by atoms with Gasteiger partial charge in [0.15, 0.2) is 0 Å². The van der Waals surface area contributed by atoms with E-state index in [1.54, 1.807) is 12.1 Å². The van der Waals surface area contributed by atoms with E-state index in [4.69, 9.17) is 0 Å². The average molecular weight is 282 g/mol. The number of carbonyl (C=O) groups excluding carboxylic acids is 1. The lowest BCUT2D eigenvalue weighted by molar-refractivity contribution is -0.384. The molecule has 0 saturated carbocycles. The van der Waals surface area contributed by atoms with Gasteiger partial charge in [0.2, 0.25) is 5.91 Å². The number of hydrogen-bond donors (Lipinski definition) is 1. The maximum atomic E-state index is 11.5. The maximum absolute atomic E-state index is 11.5. The SMILES string of the molecule is CC(C)CCNC(=O)CSc1ccc([N+](=O)[O-])cc1. The lowest BCUT2D eigenvalue weighted by atomic mass is 10.1. The minimum Gasteiger partial charge on any atom is -0.355 e. The van der Waals surface area contributed by atoms with Crippen LogP contribution in [0.15, 0.2) is 29.2 Å². The Labute approximate surface area is 116 Å². The summed E-state index contributed by atoms with van der Waals surface area (Å²) in [5.41, 5.74) is 0.0609. The van der Waals surface area contributed by atoms with Gasteiger partial charge in [0, 0.05) is 23.6 Å². The second-order valence-electron chi connectivity index (χ2n) is 4.57. The van der Waals surface area contributed by atoms with Gasteiger partial charge in [-0.2, -0.15) is 0 Å². The second kappa shape index (κ2) is 7.78. The Hall–Kier alpha value is -1.56. The van der Waals surface area contributed by atoms with Crippen molar-refractivity contribution in [1.29, 1.82) is 0 Å². The highest BCUT2D eigenvalue weighted by Crippen LogP contribution is 2.20. The topological polar surface area (TPSA) is 72.2 Å². The predicted molar refractivity (Wildman–Crippen MR) is 76.3 cm³/mol. The molecule has 0 unspecified atom stereocenters. The minimum atomic E-state index is -0.437. The number of carbonyl (C=O) groups is 1. The van der Waals surface area contributed by atoms with E-state index in [0.29, 0.717) is 18.2 Å². The molecule has 0 heterocycles. The molecule has 0 bridgehead atoms. The van der Waals surface area contributed by atoms with Gasteiger partial charge < -0.3 is 5.32 Å². The van der Waals surface area contributed by atoms with Crippen LogP contribution < -0.4 is 5.32 Å². The Kier molecular flexibility index (Phi) is 6.35. The number of nitro benzene ring substituents is 1. The summed E-state index contributed by atoms with van der Waals surface area (Å²) in [6.45, 7) is 4.91. The maximum Gasteiger partial charge on any atom is 0.269 e. The largest absolute Gasteiger partial charge is 0.355 e. The molecule has 1 amide bonds. The smallest absolute Gasteiger partial charge is 0.269 e. The Morgan fingerprint density at radius 3 is 2.53 bits per heavy atom. The zero-order valence-corrected chi connectivity index (χ0v) is 11.9. The molecule has 1 N–H and O–H groups in total. The van der Waals surface area contributed by atoms with E-state index in [1.165, 1.54) is 23.9 Å². The van der Waals surface area contributed by atoms with Gasteiger partial charge in [-0.15, -0.1) is 11.8 Å². The molecule has 0 aliphatic carbocycles. The fraction of sp³-hybridized carbons (Fsp3) is 0.462. The third kappa shape index (κ3) is 6.24. The van der Waals surface area contributed by atoms with E-state index < -0.39 is 4.92 Å². The molecule has 0 aliphatic rings. The highest BCUT2D eigenvalue weighted by Gasteiger charge is 2.06. The molecule has 0 radical (unpaired) electrons. The standard InChI is InChI=1S/C13H18N2O3S/c1-10(2)7-8-14-13(16)9-19-12-5-3-11(4-6-12)15(17)18/h3-6,10H,7-9H2,1-2H3,(H,14,16). The highest BCUT2D eigenvalue weighted by atomic mass is 32.2. The van der Waals surface area contributed by atoms with E-state index in [2.05, 4.69) is 19.2 Å². The lowest BCUT2D eigenvalue weighted by Gasteiger charge is -2.06. The Bertz CT molecular complexity index is 432. The molecule has 1 aromatic carbocycles. The molecular formula is C13H18N2O3S. The van der Waals surface area contributed by atoms with E-state index in [1.807, 2.05) is 0 Å². The number of hydrogen-bond acceptors (Lipinski definition) is 4. The molecule has 0 spiro atoms. The van der Waals surface area contributed by atoms with Crippen molar-refractivity contribution in [3.63, 3.8) is 0 Å². The van der Waals surface area contributed by atoms with Crippen LogP contribution in [0.5, 0.6) is 0 Å². The van der Waals surface area contributed by atoms with Crippen LogP contribution in [0.4, 0.5) is 5.69 Å². The summed E-state index contributed by atoms with van der Waals surface area (Å²) in [5, 5.41) is 13.3. The van der Waals surface area contributed by atoms with Gasteiger partial charge in [-0.1, -0.05) is 13.8 Å². The summed E-state index contributed by atoms with van der Waals surface area (Å²) in [7, 11) is 0. The summed E-state index contributed by atoms with van der Waals surface area (Å²) < 4.78 is 0. The van der Waals surface area contributed by atoms with Crippen molar-refractivity contribution < 1.29 is 9.72 Å². The van der Waals surface area contributed by atoms with E-state index >= 15 is 0 Å². The van der Waals surface area contributed by atoms with Gasteiger partial charge >= 0.3 is 0 Å². The summed E-state index contributed by atoms with van der Waals surface area (Å²) in [5.74, 6) is 0.891. The van der Waals surface area contributed by atoms with Crippen LogP contribution in [0, 0.1) is 16.0 Å². The van der Waals surface area contributed by atoms with Crippen LogP contribution in [0.25, 0.3) is 0 Å². The first-order valence-corrected chi connectivity index (χ1v) is 7.11. The monoisotopic (exact) mass is 282 g/mol. The number of rotatable bonds is 7. The molecule has 0 saturated heterocycles. The third-order valence-corrected chi connectivity index (χ3v) is 3.47. The third-order valence-electron chi connectivity index (χ3n) is 2.46. The second-order valence-corrected chi connectivity index (χ2v) is 5.62. The average Bonchev–Trinajstić information content (AvgIpc) is 2.36. The minimum absolute atomic E-state index is 0.0102. The molecule has 0 aromatic heterocycles. The number of amides is 1. The molecule has 1 aromatic rings. The fourth-order valence-corrected chi connectivity index (χ4v) is 2.09. The Morgan fingerprint density at radius 1 is 1.37 bits per heavy atom. The highest BCUT2D eigenvalue weighted by molar-refractivity contribution is 8.00. The number of benzene rings is 1. The van der Waals surface area contributed by atoms with Crippen molar-refractivity contribution in [2.75, 3.05) is 12.3 Å². The van der Waals surface area contributed by atoms with Crippen molar-refractivity contribution in [3.8, 4) is 0 Å². The summed E-state index contributed by atoms with van der Waals surface area (Å²) in [4.78, 5) is 22.4. The van der Waals surface area contributed by atoms with Crippen molar-refractivity contribution in [2.24, 2.45) is 5.92 Å². The zero-order chi connectivity index (χ0) is 14.3. The lowest BCUT2D eigenvalue weighted by Crippen LogP contribution is -2.26. The summed E-state index contributed by atoms with van der Waals surface area (Å²) in [6.07, 6.45) is 0.966.